The van der Waals surface area contributed by atoms with Gasteiger partial charge in [-0.1, -0.05) is 0 Å². The Labute approximate surface area is 124 Å². The Morgan fingerprint density at radius 3 is 3.05 bits per heavy atom. The van der Waals surface area contributed by atoms with Gasteiger partial charge in [0.15, 0.2) is 0 Å². The number of hydrogen-bond acceptors (Lipinski definition) is 6. The number of nitrogens with one attached hydrogen (secondary N) is 1. The van der Waals surface area contributed by atoms with E-state index in [1.165, 1.54) is 29.8 Å². The van der Waals surface area contributed by atoms with Crippen molar-refractivity contribution in [1.29, 1.82) is 0 Å². The largest absolute Gasteiger partial charge is 0.477 e. The summed E-state index contributed by atoms with van der Waals surface area (Å²) in [7, 11) is 0. The number of carboxylic acids is 1. The number of carbonyl (C=O) groups is 1. The summed E-state index contributed by atoms with van der Waals surface area (Å²) >= 11 is 3.16. The van der Waals surface area contributed by atoms with Gasteiger partial charge in [0.1, 0.15) is 21.9 Å². The van der Waals surface area contributed by atoms with Crippen LogP contribution in [-0.2, 0) is 0 Å². The molecular formula is C13H15N3O2S2. The van der Waals surface area contributed by atoms with E-state index in [0.717, 1.165) is 33.8 Å². The Morgan fingerprint density at radius 1 is 1.50 bits per heavy atom. The summed E-state index contributed by atoms with van der Waals surface area (Å²) < 4.78 is 0. The van der Waals surface area contributed by atoms with Crippen molar-refractivity contribution in [2.45, 2.75) is 25.8 Å². The van der Waals surface area contributed by atoms with Crippen molar-refractivity contribution >= 4 is 45.1 Å². The maximum Gasteiger partial charge on any atom is 0.346 e. The average molecular weight is 309 g/mol. The second-order valence-corrected chi connectivity index (χ2v) is 6.97. The number of hydrogen-bond donors (Lipinski definition) is 2. The molecule has 106 valence electrons. The van der Waals surface area contributed by atoms with Crippen molar-refractivity contribution in [3.8, 4) is 0 Å². The van der Waals surface area contributed by atoms with Gasteiger partial charge in [-0.05, 0) is 31.1 Å². The maximum atomic E-state index is 11.2. The first kappa shape index (κ1) is 13.6. The van der Waals surface area contributed by atoms with Gasteiger partial charge >= 0.3 is 5.97 Å². The van der Waals surface area contributed by atoms with E-state index in [0.29, 0.717) is 10.9 Å². The van der Waals surface area contributed by atoms with Crippen LogP contribution in [0.1, 0.15) is 28.1 Å². The summed E-state index contributed by atoms with van der Waals surface area (Å²) in [5.41, 5.74) is 0.754. The van der Waals surface area contributed by atoms with Crippen LogP contribution in [0.2, 0.25) is 0 Å². The highest BCUT2D eigenvalue weighted by atomic mass is 32.2. The molecule has 2 aromatic rings. The topological polar surface area (TPSA) is 75.1 Å². The summed E-state index contributed by atoms with van der Waals surface area (Å²) in [4.78, 5) is 20.8. The highest BCUT2D eigenvalue weighted by Crippen LogP contribution is 2.34. The number of aromatic carboxylic acids is 1. The Kier molecular flexibility index (Phi) is 3.80. The Bertz CT molecular complexity index is 650. The molecule has 1 saturated heterocycles. The van der Waals surface area contributed by atoms with E-state index in [4.69, 9.17) is 0 Å². The highest BCUT2D eigenvalue weighted by Gasteiger charge is 2.21. The molecule has 2 N–H and O–H groups in total. The maximum absolute atomic E-state index is 11.2. The van der Waals surface area contributed by atoms with Gasteiger partial charge in [0.2, 0.25) is 0 Å². The molecule has 0 bridgehead atoms. The van der Waals surface area contributed by atoms with E-state index in [9.17, 15) is 9.90 Å². The first-order chi connectivity index (χ1) is 9.66. The van der Waals surface area contributed by atoms with Gasteiger partial charge in [-0.15, -0.1) is 11.3 Å². The van der Waals surface area contributed by atoms with E-state index in [1.54, 1.807) is 0 Å². The number of aryl methyl sites for hydroxylation is 1. The molecule has 0 aromatic carbocycles. The Hall–Kier alpha value is -1.34. The lowest BCUT2D eigenvalue weighted by Crippen LogP contribution is -2.26. The van der Waals surface area contributed by atoms with Gasteiger partial charge in [0.05, 0.1) is 5.39 Å². The number of anilines is 1. The lowest BCUT2D eigenvalue weighted by atomic mass is 10.1. The summed E-state index contributed by atoms with van der Waals surface area (Å²) in [6.07, 6.45) is 3.84. The summed E-state index contributed by atoms with van der Waals surface area (Å²) in [6, 6.07) is 0.402. The fourth-order valence-corrected chi connectivity index (χ4v) is 4.49. The predicted molar refractivity (Wildman–Crippen MR) is 83.1 cm³/mol. The van der Waals surface area contributed by atoms with Crippen LogP contribution >= 0.6 is 23.1 Å². The minimum atomic E-state index is -0.898. The van der Waals surface area contributed by atoms with Gasteiger partial charge in [-0.25, -0.2) is 14.8 Å². The normalized spacial score (nSPS) is 19.1. The Morgan fingerprint density at radius 2 is 2.35 bits per heavy atom. The average Bonchev–Trinajstić information content (AvgIpc) is 2.79. The summed E-state index contributed by atoms with van der Waals surface area (Å²) in [5.74, 6) is 2.16. The molecule has 0 aliphatic carbocycles. The third kappa shape index (κ3) is 2.47. The van der Waals surface area contributed by atoms with E-state index < -0.39 is 5.97 Å². The lowest BCUT2D eigenvalue weighted by Gasteiger charge is -2.23. The van der Waals surface area contributed by atoms with Gasteiger partial charge < -0.3 is 10.4 Å². The van der Waals surface area contributed by atoms with Gasteiger partial charge in [0.25, 0.3) is 0 Å². The van der Waals surface area contributed by atoms with Crippen molar-refractivity contribution < 1.29 is 9.90 Å². The van der Waals surface area contributed by atoms with Gasteiger partial charge in [-0.3, -0.25) is 0 Å². The minimum absolute atomic E-state index is 0.349. The second-order valence-electron chi connectivity index (χ2n) is 4.82. The van der Waals surface area contributed by atoms with Crippen molar-refractivity contribution in [2.24, 2.45) is 0 Å². The van der Waals surface area contributed by atoms with Crippen LogP contribution in [0.15, 0.2) is 6.33 Å². The quantitative estimate of drug-likeness (QED) is 0.908. The number of carboxylic acid groups (broad SMARTS) is 1. The molecule has 3 heterocycles. The molecule has 1 aliphatic heterocycles. The number of rotatable bonds is 3. The molecule has 0 saturated carbocycles. The number of nitrogens with zero attached hydrogens (tertiary/aromatic N) is 2. The van der Waals surface area contributed by atoms with Crippen LogP contribution in [0, 0.1) is 6.92 Å². The van der Waals surface area contributed by atoms with Crippen molar-refractivity contribution in [3.05, 3.63) is 16.8 Å². The second kappa shape index (κ2) is 5.57. The molecule has 2 aromatic heterocycles. The summed E-state index contributed by atoms with van der Waals surface area (Å²) in [5, 5.41) is 13.5. The monoisotopic (exact) mass is 309 g/mol. The van der Waals surface area contributed by atoms with E-state index >= 15 is 0 Å². The van der Waals surface area contributed by atoms with Crippen LogP contribution in [0.25, 0.3) is 10.2 Å². The molecule has 7 heteroatoms. The molecule has 1 fully saturated rings. The highest BCUT2D eigenvalue weighted by molar-refractivity contribution is 7.99. The van der Waals surface area contributed by atoms with Gasteiger partial charge in [-0.2, -0.15) is 11.8 Å². The molecule has 1 atom stereocenters. The third-order valence-corrected chi connectivity index (χ3v) is 5.83. The molecule has 0 spiro atoms. The molecule has 0 radical (unpaired) electrons. The number of thioether (sulfide) groups is 1. The van der Waals surface area contributed by atoms with Crippen molar-refractivity contribution in [2.75, 3.05) is 16.8 Å². The summed E-state index contributed by atoms with van der Waals surface area (Å²) in [6.45, 7) is 1.83. The molecule has 1 aliphatic rings. The minimum Gasteiger partial charge on any atom is -0.477 e. The zero-order chi connectivity index (χ0) is 14.1. The molecule has 20 heavy (non-hydrogen) atoms. The van der Waals surface area contributed by atoms with Crippen LogP contribution in [0.4, 0.5) is 5.82 Å². The first-order valence-electron chi connectivity index (χ1n) is 6.48. The van der Waals surface area contributed by atoms with Crippen LogP contribution < -0.4 is 5.32 Å². The van der Waals surface area contributed by atoms with Crippen molar-refractivity contribution in [3.63, 3.8) is 0 Å². The van der Waals surface area contributed by atoms with E-state index in [1.807, 2.05) is 18.7 Å². The molecule has 0 amide bonds. The Balaban J connectivity index is 1.99. The predicted octanol–water partition coefficient (Wildman–Crippen LogP) is 3.01. The smallest absolute Gasteiger partial charge is 0.346 e. The zero-order valence-corrected chi connectivity index (χ0v) is 12.7. The number of thiophene rings is 1. The third-order valence-electron chi connectivity index (χ3n) is 3.42. The SMILES string of the molecule is Cc1c(C(=O)O)sc2ncnc(NC3CCCSC3)c12. The van der Waals surface area contributed by atoms with Crippen molar-refractivity contribution in [1.82, 2.24) is 9.97 Å². The van der Waals surface area contributed by atoms with Crippen LogP contribution in [0.5, 0.6) is 0 Å². The lowest BCUT2D eigenvalue weighted by molar-refractivity contribution is 0.0701. The molecule has 3 rings (SSSR count). The fourth-order valence-electron chi connectivity index (χ4n) is 2.43. The van der Waals surface area contributed by atoms with Crippen LogP contribution in [-0.4, -0.2) is 38.6 Å². The standard InChI is InChI=1S/C13H15N3O2S2/c1-7-9-11(16-8-3-2-4-19-5-8)14-6-15-12(9)20-10(7)13(17)18/h6,8H,2-5H2,1H3,(H,17,18)(H,14,15,16). The number of aromatic nitrogens is 2. The van der Waals surface area contributed by atoms with Crippen LogP contribution in [0.3, 0.4) is 0 Å². The van der Waals surface area contributed by atoms with E-state index in [-0.39, 0.29) is 0 Å². The zero-order valence-electron chi connectivity index (χ0n) is 11.0. The fraction of sp³-hybridized carbons (Fsp3) is 0.462. The molecule has 1 unspecified atom stereocenters. The molecule has 5 nitrogen and oxygen atoms in total. The van der Waals surface area contributed by atoms with E-state index in [2.05, 4.69) is 15.3 Å². The first-order valence-corrected chi connectivity index (χ1v) is 8.45. The van der Waals surface area contributed by atoms with Gasteiger partial charge in [0, 0.05) is 11.8 Å². The molecular weight excluding hydrogens is 294 g/mol. The number of fused-ring (bicyclic) bond motifs is 1.